The van der Waals surface area contributed by atoms with Crippen LogP contribution in [0.25, 0.3) is 5.57 Å². The van der Waals surface area contributed by atoms with E-state index in [9.17, 15) is 5.11 Å². The molecular weight excluding hydrogens is 306 g/mol. The van der Waals surface area contributed by atoms with Gasteiger partial charge in [0.25, 0.3) is 0 Å². The molecule has 0 bridgehead atoms. The molecule has 1 aromatic carbocycles. The van der Waals surface area contributed by atoms with Gasteiger partial charge in [-0.1, -0.05) is 64.5 Å². The lowest BCUT2D eigenvalue weighted by molar-refractivity contribution is -0.0969. The van der Waals surface area contributed by atoms with Crippen molar-refractivity contribution in [3.05, 3.63) is 42.0 Å². The number of piperidine rings is 1. The zero-order valence-electron chi connectivity index (χ0n) is 16.8. The summed E-state index contributed by atoms with van der Waals surface area (Å²) >= 11 is 0. The molecule has 0 spiro atoms. The van der Waals surface area contributed by atoms with E-state index in [-0.39, 0.29) is 0 Å². The second-order valence-electron chi connectivity index (χ2n) is 8.83. The Hall–Kier alpha value is -1.12. The normalized spacial score (nSPS) is 18.8. The van der Waals surface area contributed by atoms with Crippen LogP contribution in [0.3, 0.4) is 0 Å². The fraction of sp³-hybridized carbons (Fsp3) is 0.652. The van der Waals surface area contributed by atoms with Crippen molar-refractivity contribution in [1.82, 2.24) is 4.90 Å². The Balaban J connectivity index is 1.97. The van der Waals surface area contributed by atoms with Crippen molar-refractivity contribution in [2.75, 3.05) is 13.1 Å². The zero-order valence-corrected chi connectivity index (χ0v) is 16.8. The topological polar surface area (TPSA) is 23.5 Å². The molecule has 1 aliphatic heterocycles. The average Bonchev–Trinajstić information content (AvgIpc) is 2.55. The standard InChI is InChI=1S/C23H37NO/c1-6-14-22(3,4)18-20-10-12-21(13-11-20)19(2)17-23(5,25)24-15-8-7-9-16-24/h10-13,25H,2,6-9,14-18H2,1,3-5H3. The Morgan fingerprint density at radius 3 is 2.24 bits per heavy atom. The van der Waals surface area contributed by atoms with Gasteiger partial charge in [0.1, 0.15) is 5.72 Å². The minimum Gasteiger partial charge on any atom is -0.376 e. The number of likely N-dealkylation sites (tertiary alicyclic amines) is 1. The van der Waals surface area contributed by atoms with Crippen LogP contribution in [0, 0.1) is 5.41 Å². The highest BCUT2D eigenvalue weighted by atomic mass is 16.3. The first kappa shape index (κ1) is 20.2. The first-order chi connectivity index (χ1) is 11.7. The molecule has 0 aromatic heterocycles. The average molecular weight is 344 g/mol. The fourth-order valence-electron chi connectivity index (χ4n) is 4.17. The van der Waals surface area contributed by atoms with Crippen molar-refractivity contribution in [1.29, 1.82) is 0 Å². The summed E-state index contributed by atoms with van der Waals surface area (Å²) in [6.07, 6.45) is 7.85. The first-order valence-electron chi connectivity index (χ1n) is 9.98. The Morgan fingerprint density at radius 2 is 1.68 bits per heavy atom. The third-order valence-electron chi connectivity index (χ3n) is 5.56. The second kappa shape index (κ2) is 8.51. The molecule has 1 fully saturated rings. The van der Waals surface area contributed by atoms with E-state index in [4.69, 9.17) is 0 Å². The summed E-state index contributed by atoms with van der Waals surface area (Å²) in [7, 11) is 0. The molecule has 1 heterocycles. The van der Waals surface area contributed by atoms with Crippen LogP contribution in [-0.2, 0) is 6.42 Å². The van der Waals surface area contributed by atoms with Gasteiger partial charge in [-0.3, -0.25) is 4.90 Å². The summed E-state index contributed by atoms with van der Waals surface area (Å²) in [6.45, 7) is 15.1. The van der Waals surface area contributed by atoms with E-state index in [0.717, 1.165) is 30.6 Å². The van der Waals surface area contributed by atoms with Gasteiger partial charge in [-0.25, -0.2) is 0 Å². The lowest BCUT2D eigenvalue weighted by Gasteiger charge is -2.40. The Bertz CT molecular complexity index is 550. The van der Waals surface area contributed by atoms with E-state index >= 15 is 0 Å². The molecule has 1 aliphatic rings. The molecule has 1 unspecified atom stereocenters. The van der Waals surface area contributed by atoms with Crippen molar-refractivity contribution in [2.45, 2.75) is 78.4 Å². The quantitative estimate of drug-likeness (QED) is 0.659. The summed E-state index contributed by atoms with van der Waals surface area (Å²) in [5.74, 6) is 0. The first-order valence-corrected chi connectivity index (χ1v) is 9.98. The van der Waals surface area contributed by atoms with Crippen LogP contribution in [-0.4, -0.2) is 28.8 Å². The summed E-state index contributed by atoms with van der Waals surface area (Å²) in [5.41, 5.74) is 3.12. The lowest BCUT2D eigenvalue weighted by Crippen LogP contribution is -2.48. The maximum absolute atomic E-state index is 10.9. The van der Waals surface area contributed by atoms with Gasteiger partial charge < -0.3 is 5.11 Å². The van der Waals surface area contributed by atoms with Gasteiger partial charge in [-0.2, -0.15) is 0 Å². The van der Waals surface area contributed by atoms with E-state index in [1.54, 1.807) is 0 Å². The maximum atomic E-state index is 10.9. The van der Waals surface area contributed by atoms with Gasteiger partial charge in [-0.15, -0.1) is 0 Å². The van der Waals surface area contributed by atoms with Gasteiger partial charge in [0.15, 0.2) is 0 Å². The molecule has 2 nitrogen and oxygen atoms in total. The molecule has 1 N–H and O–H groups in total. The van der Waals surface area contributed by atoms with E-state index in [1.807, 2.05) is 6.92 Å². The summed E-state index contributed by atoms with van der Waals surface area (Å²) in [6, 6.07) is 8.80. The van der Waals surface area contributed by atoms with Gasteiger partial charge >= 0.3 is 0 Å². The summed E-state index contributed by atoms with van der Waals surface area (Å²) < 4.78 is 0. The van der Waals surface area contributed by atoms with E-state index < -0.39 is 5.72 Å². The molecule has 140 valence electrons. The molecule has 25 heavy (non-hydrogen) atoms. The van der Waals surface area contributed by atoms with Crippen molar-refractivity contribution in [3.8, 4) is 0 Å². The largest absolute Gasteiger partial charge is 0.376 e. The van der Waals surface area contributed by atoms with Crippen LogP contribution in [0.4, 0.5) is 0 Å². The monoisotopic (exact) mass is 343 g/mol. The van der Waals surface area contributed by atoms with Crippen LogP contribution in [0.5, 0.6) is 0 Å². The number of benzene rings is 1. The van der Waals surface area contributed by atoms with Gasteiger partial charge in [0.05, 0.1) is 0 Å². The highest BCUT2D eigenvalue weighted by Gasteiger charge is 2.30. The molecule has 0 radical (unpaired) electrons. The van der Waals surface area contributed by atoms with Gasteiger partial charge in [0, 0.05) is 19.5 Å². The molecule has 1 atom stereocenters. The summed E-state index contributed by atoms with van der Waals surface area (Å²) in [4.78, 5) is 2.21. The Kier molecular flexibility index (Phi) is 6.87. The zero-order chi connectivity index (χ0) is 18.5. The van der Waals surface area contributed by atoms with Gasteiger partial charge in [0.2, 0.25) is 0 Å². The molecule has 0 saturated carbocycles. The number of hydrogen-bond acceptors (Lipinski definition) is 2. The smallest absolute Gasteiger partial charge is 0.119 e. The number of hydrogen-bond donors (Lipinski definition) is 1. The Morgan fingerprint density at radius 1 is 1.08 bits per heavy atom. The molecule has 0 aliphatic carbocycles. The number of nitrogens with zero attached hydrogens (tertiary/aromatic N) is 1. The van der Waals surface area contributed by atoms with Gasteiger partial charge in [-0.05, 0) is 54.7 Å². The van der Waals surface area contributed by atoms with Crippen molar-refractivity contribution in [3.63, 3.8) is 0 Å². The highest BCUT2D eigenvalue weighted by Crippen LogP contribution is 2.31. The van der Waals surface area contributed by atoms with Crippen LogP contribution < -0.4 is 0 Å². The van der Waals surface area contributed by atoms with Crippen LogP contribution in [0.2, 0.25) is 0 Å². The fourth-order valence-corrected chi connectivity index (χ4v) is 4.17. The highest BCUT2D eigenvalue weighted by molar-refractivity contribution is 5.64. The molecule has 0 amide bonds. The molecule has 1 saturated heterocycles. The van der Waals surface area contributed by atoms with Crippen molar-refractivity contribution < 1.29 is 5.11 Å². The molecule has 1 aromatic rings. The number of aliphatic hydroxyl groups is 1. The maximum Gasteiger partial charge on any atom is 0.119 e. The second-order valence-corrected chi connectivity index (χ2v) is 8.83. The van der Waals surface area contributed by atoms with Crippen LogP contribution in [0.15, 0.2) is 30.8 Å². The van der Waals surface area contributed by atoms with Crippen LogP contribution >= 0.6 is 0 Å². The van der Waals surface area contributed by atoms with Crippen molar-refractivity contribution in [2.24, 2.45) is 5.41 Å². The molecule has 2 rings (SSSR count). The molecule has 2 heteroatoms. The SMILES string of the molecule is C=C(CC(C)(O)N1CCCCC1)c1ccc(CC(C)(C)CCC)cc1. The minimum absolute atomic E-state index is 0.352. The van der Waals surface area contributed by atoms with E-state index in [0.29, 0.717) is 11.8 Å². The number of rotatable bonds is 8. The Labute approximate surface area is 154 Å². The predicted molar refractivity (Wildman–Crippen MR) is 109 cm³/mol. The molecular formula is C23H37NO. The lowest BCUT2D eigenvalue weighted by atomic mass is 9.81. The van der Waals surface area contributed by atoms with E-state index in [2.05, 4.69) is 56.5 Å². The summed E-state index contributed by atoms with van der Waals surface area (Å²) in [5, 5.41) is 10.9. The van der Waals surface area contributed by atoms with Crippen LogP contribution in [0.1, 0.15) is 77.3 Å². The minimum atomic E-state index is -0.792. The van der Waals surface area contributed by atoms with E-state index in [1.165, 1.54) is 37.7 Å². The third kappa shape index (κ3) is 5.97. The van der Waals surface area contributed by atoms with Crippen molar-refractivity contribution >= 4 is 5.57 Å². The predicted octanol–water partition coefficient (Wildman–Crippen LogP) is 5.65. The third-order valence-corrected chi connectivity index (χ3v) is 5.56.